The number of nitrogens with zero attached hydrogens (tertiary/aromatic N) is 2. The lowest BCUT2D eigenvalue weighted by molar-refractivity contribution is 0.194. The highest BCUT2D eigenvalue weighted by Crippen LogP contribution is 2.22. The van der Waals surface area contributed by atoms with E-state index in [1.165, 1.54) is 11.3 Å². The minimum absolute atomic E-state index is 0.00150. The molecule has 132 valence electrons. The van der Waals surface area contributed by atoms with Crippen LogP contribution in [0, 0.1) is 0 Å². The monoisotopic (exact) mass is 357 g/mol. The molecule has 0 bridgehead atoms. The maximum atomic E-state index is 12.4. The highest BCUT2D eigenvalue weighted by atomic mass is 35.5. The van der Waals surface area contributed by atoms with Crippen molar-refractivity contribution in [3.8, 4) is 0 Å². The molecule has 1 N–H and O–H groups in total. The SMILES string of the molecule is CCc1ccccc1N1CCN(C(=O)NCc2ccc(Cl)cc2)CC1. The summed E-state index contributed by atoms with van der Waals surface area (Å²) in [6, 6.07) is 16.1. The van der Waals surface area contributed by atoms with Crippen molar-refractivity contribution in [1.82, 2.24) is 10.2 Å². The second-order valence-electron chi connectivity index (χ2n) is 6.24. The molecule has 4 nitrogen and oxygen atoms in total. The molecule has 0 spiro atoms. The van der Waals surface area contributed by atoms with Crippen LogP contribution in [0.2, 0.25) is 5.02 Å². The lowest BCUT2D eigenvalue weighted by atomic mass is 10.1. The summed E-state index contributed by atoms with van der Waals surface area (Å²) >= 11 is 5.88. The Morgan fingerprint density at radius 2 is 1.72 bits per heavy atom. The lowest BCUT2D eigenvalue weighted by Gasteiger charge is -2.37. The van der Waals surface area contributed by atoms with Crippen LogP contribution in [0.3, 0.4) is 0 Å². The zero-order valence-corrected chi connectivity index (χ0v) is 15.3. The minimum atomic E-state index is -0.00150. The summed E-state index contributed by atoms with van der Waals surface area (Å²) in [5.41, 5.74) is 3.71. The molecular formula is C20H24ClN3O. The van der Waals surface area contributed by atoms with Crippen molar-refractivity contribution in [2.45, 2.75) is 19.9 Å². The molecule has 2 amide bonds. The summed E-state index contributed by atoms with van der Waals surface area (Å²) in [4.78, 5) is 16.6. The Kier molecular flexibility index (Phi) is 5.82. The number of amides is 2. The molecule has 1 heterocycles. The second-order valence-corrected chi connectivity index (χ2v) is 6.68. The van der Waals surface area contributed by atoms with Crippen LogP contribution in [0.15, 0.2) is 48.5 Å². The van der Waals surface area contributed by atoms with Gasteiger partial charge >= 0.3 is 6.03 Å². The van der Waals surface area contributed by atoms with E-state index in [2.05, 4.69) is 41.4 Å². The van der Waals surface area contributed by atoms with Gasteiger partial charge in [0.1, 0.15) is 0 Å². The van der Waals surface area contributed by atoms with E-state index in [1.54, 1.807) is 0 Å². The average Bonchev–Trinajstić information content (AvgIpc) is 2.67. The van der Waals surface area contributed by atoms with E-state index in [0.717, 1.165) is 38.2 Å². The number of hydrogen-bond donors (Lipinski definition) is 1. The Hall–Kier alpha value is -2.20. The Bertz CT molecular complexity index is 709. The van der Waals surface area contributed by atoms with Gasteiger partial charge in [0, 0.05) is 43.4 Å². The molecule has 1 saturated heterocycles. The number of benzene rings is 2. The molecule has 0 aliphatic carbocycles. The van der Waals surface area contributed by atoms with Gasteiger partial charge in [0.25, 0.3) is 0 Å². The van der Waals surface area contributed by atoms with Crippen molar-refractivity contribution in [2.75, 3.05) is 31.1 Å². The third-order valence-electron chi connectivity index (χ3n) is 4.64. The van der Waals surface area contributed by atoms with Crippen LogP contribution >= 0.6 is 11.6 Å². The first kappa shape index (κ1) is 17.6. The van der Waals surface area contributed by atoms with Gasteiger partial charge in [-0.2, -0.15) is 0 Å². The number of hydrogen-bond acceptors (Lipinski definition) is 2. The normalized spacial score (nSPS) is 14.5. The number of piperazine rings is 1. The number of halogens is 1. The fraction of sp³-hybridized carbons (Fsp3) is 0.350. The molecule has 2 aromatic carbocycles. The third-order valence-corrected chi connectivity index (χ3v) is 4.89. The van der Waals surface area contributed by atoms with Crippen molar-refractivity contribution >= 4 is 23.3 Å². The molecule has 1 fully saturated rings. The van der Waals surface area contributed by atoms with Crippen LogP contribution < -0.4 is 10.2 Å². The van der Waals surface area contributed by atoms with E-state index in [9.17, 15) is 4.79 Å². The zero-order valence-electron chi connectivity index (χ0n) is 14.5. The van der Waals surface area contributed by atoms with Gasteiger partial charge in [0.05, 0.1) is 0 Å². The van der Waals surface area contributed by atoms with Gasteiger partial charge < -0.3 is 15.1 Å². The number of carbonyl (C=O) groups is 1. The van der Waals surface area contributed by atoms with Gasteiger partial charge in [-0.1, -0.05) is 48.9 Å². The lowest BCUT2D eigenvalue weighted by Crippen LogP contribution is -2.51. The predicted molar refractivity (Wildman–Crippen MR) is 103 cm³/mol. The summed E-state index contributed by atoms with van der Waals surface area (Å²) in [5, 5.41) is 3.70. The van der Waals surface area contributed by atoms with Crippen LogP contribution in [0.25, 0.3) is 0 Å². The number of carbonyl (C=O) groups excluding carboxylic acids is 1. The molecule has 5 heteroatoms. The van der Waals surface area contributed by atoms with E-state index in [0.29, 0.717) is 11.6 Å². The maximum Gasteiger partial charge on any atom is 0.317 e. The van der Waals surface area contributed by atoms with Gasteiger partial charge in [-0.3, -0.25) is 0 Å². The van der Waals surface area contributed by atoms with E-state index >= 15 is 0 Å². The molecule has 1 aliphatic rings. The fourth-order valence-electron chi connectivity index (χ4n) is 3.16. The van der Waals surface area contributed by atoms with Crippen molar-refractivity contribution in [3.05, 3.63) is 64.7 Å². The van der Waals surface area contributed by atoms with Crippen LogP contribution in [-0.2, 0) is 13.0 Å². The summed E-state index contributed by atoms with van der Waals surface area (Å²) < 4.78 is 0. The predicted octanol–water partition coefficient (Wildman–Crippen LogP) is 3.93. The van der Waals surface area contributed by atoms with Gasteiger partial charge in [-0.25, -0.2) is 4.79 Å². The van der Waals surface area contributed by atoms with Crippen LogP contribution in [-0.4, -0.2) is 37.1 Å². The smallest absolute Gasteiger partial charge is 0.317 e. The molecule has 0 saturated carbocycles. The van der Waals surface area contributed by atoms with E-state index < -0.39 is 0 Å². The van der Waals surface area contributed by atoms with Gasteiger partial charge in [0.15, 0.2) is 0 Å². The number of urea groups is 1. The zero-order chi connectivity index (χ0) is 17.6. The average molecular weight is 358 g/mol. The highest BCUT2D eigenvalue weighted by Gasteiger charge is 2.22. The molecule has 1 aliphatic heterocycles. The van der Waals surface area contributed by atoms with Gasteiger partial charge in [-0.05, 0) is 35.7 Å². The van der Waals surface area contributed by atoms with Gasteiger partial charge in [0.2, 0.25) is 0 Å². The largest absolute Gasteiger partial charge is 0.368 e. The third kappa shape index (κ3) is 4.45. The van der Waals surface area contributed by atoms with Crippen LogP contribution in [0.1, 0.15) is 18.1 Å². The molecule has 25 heavy (non-hydrogen) atoms. The van der Waals surface area contributed by atoms with Crippen LogP contribution in [0.5, 0.6) is 0 Å². The molecular weight excluding hydrogens is 334 g/mol. The Morgan fingerprint density at radius 3 is 2.40 bits per heavy atom. The first-order valence-electron chi connectivity index (χ1n) is 8.77. The summed E-state index contributed by atoms with van der Waals surface area (Å²) in [7, 11) is 0. The Labute approximate surface area is 154 Å². The molecule has 0 atom stereocenters. The number of aryl methyl sites for hydroxylation is 1. The Balaban J connectivity index is 1.51. The number of para-hydroxylation sites is 1. The minimum Gasteiger partial charge on any atom is -0.368 e. The molecule has 2 aromatic rings. The van der Waals surface area contributed by atoms with Crippen molar-refractivity contribution in [2.24, 2.45) is 0 Å². The number of anilines is 1. The molecule has 0 aromatic heterocycles. The summed E-state index contributed by atoms with van der Waals surface area (Å²) in [6.45, 7) is 5.92. The van der Waals surface area contributed by atoms with Crippen molar-refractivity contribution in [3.63, 3.8) is 0 Å². The first-order valence-corrected chi connectivity index (χ1v) is 9.15. The topological polar surface area (TPSA) is 35.6 Å². The van der Waals surface area contributed by atoms with E-state index in [1.807, 2.05) is 29.2 Å². The van der Waals surface area contributed by atoms with E-state index in [-0.39, 0.29) is 6.03 Å². The quantitative estimate of drug-likeness (QED) is 0.899. The standard InChI is InChI=1S/C20H24ClN3O/c1-2-17-5-3-4-6-19(17)23-11-13-24(14-12-23)20(25)22-15-16-7-9-18(21)10-8-16/h3-10H,2,11-15H2,1H3,(H,22,25). The van der Waals surface area contributed by atoms with Crippen molar-refractivity contribution in [1.29, 1.82) is 0 Å². The van der Waals surface area contributed by atoms with Gasteiger partial charge in [-0.15, -0.1) is 0 Å². The molecule has 0 radical (unpaired) electrons. The number of rotatable bonds is 4. The molecule has 3 rings (SSSR count). The highest BCUT2D eigenvalue weighted by molar-refractivity contribution is 6.30. The summed E-state index contributed by atoms with van der Waals surface area (Å²) in [5.74, 6) is 0. The van der Waals surface area contributed by atoms with E-state index in [4.69, 9.17) is 11.6 Å². The summed E-state index contributed by atoms with van der Waals surface area (Å²) in [6.07, 6.45) is 1.03. The fourth-order valence-corrected chi connectivity index (χ4v) is 3.29. The molecule has 0 unspecified atom stereocenters. The second kappa shape index (κ2) is 8.26. The number of nitrogens with one attached hydrogen (secondary N) is 1. The van der Waals surface area contributed by atoms with Crippen molar-refractivity contribution < 1.29 is 4.79 Å². The van der Waals surface area contributed by atoms with Crippen LogP contribution in [0.4, 0.5) is 10.5 Å². The maximum absolute atomic E-state index is 12.4. The Morgan fingerprint density at radius 1 is 1.04 bits per heavy atom. The first-order chi connectivity index (χ1) is 12.2.